The van der Waals surface area contributed by atoms with Crippen LogP contribution in [0.25, 0.3) is 0 Å². The van der Waals surface area contributed by atoms with Crippen molar-refractivity contribution in [2.45, 2.75) is 33.6 Å². The molecule has 0 aliphatic carbocycles. The predicted octanol–water partition coefficient (Wildman–Crippen LogP) is 2.62. The third-order valence-electron chi connectivity index (χ3n) is 1.89. The molecule has 0 saturated carbocycles. The fraction of sp³-hybridized carbons (Fsp3) is 0.500. The molecule has 0 radical (unpaired) electrons. The van der Waals surface area contributed by atoms with Gasteiger partial charge in [0.05, 0.1) is 6.26 Å². The quantitative estimate of drug-likeness (QED) is 0.293. The molecule has 0 aromatic carbocycles. The van der Waals surface area contributed by atoms with Gasteiger partial charge in [-0.15, -0.1) is 0 Å². The first kappa shape index (κ1) is 13.6. The smallest absolute Gasteiger partial charge is 0.307 e. The van der Waals surface area contributed by atoms with Crippen molar-refractivity contribution < 1.29 is 14.3 Å². The number of ether oxygens (including phenoxy) is 1. The zero-order chi connectivity index (χ0) is 11.7. The third-order valence-corrected chi connectivity index (χ3v) is 1.89. The SMILES string of the molecule is CC(=O)OC=CC(C)=CCCC(C)C=O. The van der Waals surface area contributed by atoms with Gasteiger partial charge in [0.2, 0.25) is 0 Å². The summed E-state index contributed by atoms with van der Waals surface area (Å²) >= 11 is 0. The number of carbonyl (C=O) groups is 2. The van der Waals surface area contributed by atoms with E-state index in [1.807, 2.05) is 19.9 Å². The lowest BCUT2D eigenvalue weighted by molar-refractivity contribution is -0.135. The molecule has 1 atom stereocenters. The molecule has 15 heavy (non-hydrogen) atoms. The first-order valence-electron chi connectivity index (χ1n) is 5.02. The van der Waals surface area contributed by atoms with Crippen LogP contribution in [0.2, 0.25) is 0 Å². The summed E-state index contributed by atoms with van der Waals surface area (Å²) in [4.78, 5) is 20.8. The van der Waals surface area contributed by atoms with Gasteiger partial charge in [0, 0.05) is 12.8 Å². The Hall–Kier alpha value is -1.38. The summed E-state index contributed by atoms with van der Waals surface area (Å²) in [7, 11) is 0. The Labute approximate surface area is 90.8 Å². The molecule has 0 fully saturated rings. The number of esters is 1. The first-order valence-corrected chi connectivity index (χ1v) is 5.02. The van der Waals surface area contributed by atoms with Gasteiger partial charge in [-0.2, -0.15) is 0 Å². The molecule has 0 aliphatic rings. The van der Waals surface area contributed by atoms with Crippen LogP contribution in [0.3, 0.4) is 0 Å². The Kier molecular flexibility index (Phi) is 7.24. The van der Waals surface area contributed by atoms with E-state index >= 15 is 0 Å². The summed E-state index contributed by atoms with van der Waals surface area (Å²) in [6, 6.07) is 0. The molecule has 0 amide bonds. The Balaban J connectivity index is 3.83. The molecular formula is C12H18O3. The summed E-state index contributed by atoms with van der Waals surface area (Å²) in [5.41, 5.74) is 1.02. The molecule has 0 N–H and O–H groups in total. The number of hydrogen-bond acceptors (Lipinski definition) is 3. The second-order valence-electron chi connectivity index (χ2n) is 3.55. The van der Waals surface area contributed by atoms with Crippen LogP contribution < -0.4 is 0 Å². The minimum absolute atomic E-state index is 0.103. The van der Waals surface area contributed by atoms with Crippen LogP contribution in [-0.4, -0.2) is 12.3 Å². The molecule has 0 aromatic heterocycles. The van der Waals surface area contributed by atoms with Crippen LogP contribution in [-0.2, 0) is 14.3 Å². The van der Waals surface area contributed by atoms with Gasteiger partial charge in [0.15, 0.2) is 0 Å². The zero-order valence-corrected chi connectivity index (χ0v) is 9.53. The molecule has 0 aromatic rings. The molecule has 0 aliphatic heterocycles. The fourth-order valence-electron chi connectivity index (χ4n) is 0.947. The van der Waals surface area contributed by atoms with Crippen molar-refractivity contribution in [3.8, 4) is 0 Å². The van der Waals surface area contributed by atoms with E-state index in [2.05, 4.69) is 4.74 Å². The van der Waals surface area contributed by atoms with Gasteiger partial charge < -0.3 is 9.53 Å². The molecule has 84 valence electrons. The van der Waals surface area contributed by atoms with E-state index in [-0.39, 0.29) is 11.9 Å². The average molecular weight is 210 g/mol. The van der Waals surface area contributed by atoms with E-state index in [1.54, 1.807) is 6.08 Å². The van der Waals surface area contributed by atoms with Gasteiger partial charge in [-0.25, -0.2) is 0 Å². The highest BCUT2D eigenvalue weighted by atomic mass is 16.5. The highest BCUT2D eigenvalue weighted by Crippen LogP contribution is 2.06. The monoisotopic (exact) mass is 210 g/mol. The van der Waals surface area contributed by atoms with Crippen molar-refractivity contribution in [2.75, 3.05) is 0 Å². The summed E-state index contributed by atoms with van der Waals surface area (Å²) in [5, 5.41) is 0. The lowest BCUT2D eigenvalue weighted by Gasteiger charge is -1.99. The van der Waals surface area contributed by atoms with E-state index in [9.17, 15) is 9.59 Å². The minimum Gasteiger partial charge on any atom is -0.435 e. The molecule has 0 rings (SSSR count). The number of rotatable bonds is 6. The molecule has 1 unspecified atom stereocenters. The number of allylic oxidation sites excluding steroid dienone is 3. The zero-order valence-electron chi connectivity index (χ0n) is 9.53. The van der Waals surface area contributed by atoms with Crippen molar-refractivity contribution in [3.63, 3.8) is 0 Å². The molecule has 0 spiro atoms. The van der Waals surface area contributed by atoms with Gasteiger partial charge in [-0.05, 0) is 25.8 Å². The summed E-state index contributed by atoms with van der Waals surface area (Å²) in [6.45, 7) is 5.17. The van der Waals surface area contributed by atoms with Crippen molar-refractivity contribution >= 4 is 12.3 Å². The maximum Gasteiger partial charge on any atom is 0.307 e. The Morgan fingerprint density at radius 1 is 1.40 bits per heavy atom. The van der Waals surface area contributed by atoms with E-state index in [0.29, 0.717) is 0 Å². The van der Waals surface area contributed by atoms with E-state index < -0.39 is 0 Å². The van der Waals surface area contributed by atoms with Crippen molar-refractivity contribution in [3.05, 3.63) is 24.0 Å². The van der Waals surface area contributed by atoms with Gasteiger partial charge >= 0.3 is 5.97 Å². The third kappa shape index (κ3) is 8.94. The number of hydrogen-bond donors (Lipinski definition) is 0. The Morgan fingerprint density at radius 3 is 2.60 bits per heavy atom. The van der Waals surface area contributed by atoms with Crippen molar-refractivity contribution in [1.29, 1.82) is 0 Å². The topological polar surface area (TPSA) is 43.4 Å². The van der Waals surface area contributed by atoms with Gasteiger partial charge in [0.25, 0.3) is 0 Å². The lowest BCUT2D eigenvalue weighted by atomic mass is 10.1. The maximum atomic E-state index is 10.4. The van der Waals surface area contributed by atoms with Crippen LogP contribution in [0.5, 0.6) is 0 Å². The Bertz CT molecular complexity index is 264. The molecule has 0 saturated heterocycles. The van der Waals surface area contributed by atoms with Crippen LogP contribution in [0.4, 0.5) is 0 Å². The lowest BCUT2D eigenvalue weighted by Crippen LogP contribution is -1.93. The number of carbonyl (C=O) groups excluding carboxylic acids is 2. The highest BCUT2D eigenvalue weighted by Gasteiger charge is 1.96. The highest BCUT2D eigenvalue weighted by molar-refractivity contribution is 5.66. The summed E-state index contributed by atoms with van der Waals surface area (Å²) in [5.74, 6) is -0.222. The second kappa shape index (κ2) is 7.97. The average Bonchev–Trinajstić information content (AvgIpc) is 2.17. The number of aldehydes is 1. The van der Waals surface area contributed by atoms with Crippen LogP contribution in [0, 0.1) is 5.92 Å². The largest absolute Gasteiger partial charge is 0.435 e. The summed E-state index contributed by atoms with van der Waals surface area (Å²) in [6.07, 6.45) is 7.78. The predicted molar refractivity (Wildman–Crippen MR) is 59.1 cm³/mol. The molecular weight excluding hydrogens is 192 g/mol. The second-order valence-corrected chi connectivity index (χ2v) is 3.55. The van der Waals surface area contributed by atoms with Crippen LogP contribution >= 0.6 is 0 Å². The first-order chi connectivity index (χ1) is 7.06. The van der Waals surface area contributed by atoms with E-state index in [4.69, 9.17) is 0 Å². The molecule has 3 nitrogen and oxygen atoms in total. The fourth-order valence-corrected chi connectivity index (χ4v) is 0.947. The van der Waals surface area contributed by atoms with Crippen LogP contribution in [0.1, 0.15) is 33.6 Å². The summed E-state index contributed by atoms with van der Waals surface area (Å²) < 4.78 is 4.64. The molecule has 0 heterocycles. The van der Waals surface area contributed by atoms with Crippen molar-refractivity contribution in [1.82, 2.24) is 0 Å². The standard InChI is InChI=1S/C12H18O3/c1-10(7-8-15-12(3)14)5-4-6-11(2)9-13/h5,7-9,11H,4,6H2,1-3H3. The molecule has 3 heteroatoms. The maximum absolute atomic E-state index is 10.4. The van der Waals surface area contributed by atoms with E-state index in [1.165, 1.54) is 13.2 Å². The Morgan fingerprint density at radius 2 is 2.07 bits per heavy atom. The van der Waals surface area contributed by atoms with Gasteiger partial charge in [-0.1, -0.05) is 18.6 Å². The van der Waals surface area contributed by atoms with Gasteiger partial charge in [-0.3, -0.25) is 4.79 Å². The van der Waals surface area contributed by atoms with E-state index in [0.717, 1.165) is 24.7 Å². The minimum atomic E-state index is -0.325. The van der Waals surface area contributed by atoms with Gasteiger partial charge in [0.1, 0.15) is 6.29 Å². The van der Waals surface area contributed by atoms with Crippen molar-refractivity contribution in [2.24, 2.45) is 5.92 Å². The van der Waals surface area contributed by atoms with Crippen LogP contribution in [0.15, 0.2) is 24.0 Å². The molecule has 0 bridgehead atoms. The normalized spacial score (nSPS) is 13.9.